The number of aryl methyl sites for hydroxylation is 1. The molecular weight excluding hydrogens is 463 g/mol. The number of aromatic hydroxyl groups is 1. The Balaban J connectivity index is 1.66. The van der Waals surface area contributed by atoms with E-state index in [9.17, 15) is 14.3 Å². The van der Waals surface area contributed by atoms with E-state index in [2.05, 4.69) is 15.5 Å². The lowest BCUT2D eigenvalue weighted by Gasteiger charge is -2.35. The van der Waals surface area contributed by atoms with Crippen LogP contribution in [0.15, 0.2) is 77.0 Å². The highest BCUT2D eigenvalue weighted by atomic mass is 19.1. The Morgan fingerprint density at radius 1 is 1.08 bits per heavy atom. The average molecular weight is 487 g/mol. The summed E-state index contributed by atoms with van der Waals surface area (Å²) in [5.41, 5.74) is 3.77. The molecule has 0 saturated carbocycles. The summed E-state index contributed by atoms with van der Waals surface area (Å²) in [4.78, 5) is 19.2. The van der Waals surface area contributed by atoms with Gasteiger partial charge in [0.1, 0.15) is 5.82 Å². The normalized spacial score (nSPS) is 15.7. The molecule has 4 aromatic rings. The molecule has 3 aromatic carbocycles. The molecule has 1 unspecified atom stereocenters. The lowest BCUT2D eigenvalue weighted by atomic mass is 9.94. The number of aromatic nitrogens is 2. The van der Waals surface area contributed by atoms with E-state index in [4.69, 9.17) is 9.26 Å². The third kappa shape index (κ3) is 4.15. The second-order valence-electron chi connectivity index (χ2n) is 8.42. The van der Waals surface area contributed by atoms with E-state index in [1.807, 2.05) is 31.2 Å². The van der Waals surface area contributed by atoms with Crippen LogP contribution in [0.2, 0.25) is 0 Å². The largest absolute Gasteiger partial charge is 0.504 e. The average Bonchev–Trinajstić information content (AvgIpc) is 3.34. The summed E-state index contributed by atoms with van der Waals surface area (Å²) in [6.45, 7) is 3.71. The van der Waals surface area contributed by atoms with Crippen molar-refractivity contribution in [3.8, 4) is 22.9 Å². The van der Waals surface area contributed by atoms with Gasteiger partial charge in [-0.15, -0.1) is 0 Å². The van der Waals surface area contributed by atoms with E-state index in [0.717, 1.165) is 11.1 Å². The van der Waals surface area contributed by atoms with Crippen molar-refractivity contribution in [2.24, 2.45) is 0 Å². The van der Waals surface area contributed by atoms with Crippen LogP contribution in [-0.4, -0.2) is 28.4 Å². The minimum absolute atomic E-state index is 0.0836. The number of carbonyl (C=O) groups excluding carboxylic acids is 1. The molecule has 5 rings (SSSR count). The van der Waals surface area contributed by atoms with Crippen molar-refractivity contribution in [3.63, 3.8) is 0 Å². The number of methoxy groups -OCH3 is 1. The second kappa shape index (κ2) is 9.18. The molecule has 8 nitrogen and oxygen atoms in total. The fourth-order valence-electron chi connectivity index (χ4n) is 4.24. The van der Waals surface area contributed by atoms with Crippen molar-refractivity contribution in [1.29, 1.82) is 0 Å². The van der Waals surface area contributed by atoms with Crippen LogP contribution in [0.3, 0.4) is 0 Å². The Morgan fingerprint density at radius 2 is 1.86 bits per heavy atom. The lowest BCUT2D eigenvalue weighted by Crippen LogP contribution is -2.46. The number of nitrogens with zero attached hydrogens (tertiary/aromatic N) is 3. The number of nitrogens with one attached hydrogen (secondary N) is 1. The first-order valence-electron chi connectivity index (χ1n) is 11.2. The van der Waals surface area contributed by atoms with E-state index in [-0.39, 0.29) is 11.6 Å². The minimum atomic E-state index is -0.731. The summed E-state index contributed by atoms with van der Waals surface area (Å²) in [6.07, 6.45) is 0. The molecule has 2 heterocycles. The highest BCUT2D eigenvalue weighted by Crippen LogP contribution is 2.41. The molecule has 1 aliphatic rings. The Kier molecular flexibility index (Phi) is 5.89. The summed E-state index contributed by atoms with van der Waals surface area (Å²) < 4.78 is 24.8. The van der Waals surface area contributed by atoms with Crippen molar-refractivity contribution in [2.75, 3.05) is 12.0 Å². The highest BCUT2D eigenvalue weighted by molar-refractivity contribution is 6.01. The molecule has 0 saturated heterocycles. The Labute approximate surface area is 206 Å². The highest BCUT2D eigenvalue weighted by Gasteiger charge is 2.37. The van der Waals surface area contributed by atoms with E-state index in [1.54, 1.807) is 25.1 Å². The molecule has 1 aliphatic heterocycles. The van der Waals surface area contributed by atoms with Crippen LogP contribution in [0.4, 0.5) is 14.9 Å². The first-order valence-corrected chi connectivity index (χ1v) is 11.2. The number of phenols is 1. The predicted molar refractivity (Wildman–Crippen MR) is 132 cm³/mol. The summed E-state index contributed by atoms with van der Waals surface area (Å²) in [5, 5.41) is 17.5. The molecule has 0 aliphatic carbocycles. The standard InChI is InChI=1S/C27H23FN4O4/c1-15-7-9-17(10-8-15)25-30-26(36-31-25)23-16(2)32(20-6-4-5-19(28)14-20)27(34)29-24(23)18-11-12-22(35-3)21(33)13-18/h4-14,24,33H,1-3H3,(H,29,34). The number of hydrogen-bond acceptors (Lipinski definition) is 6. The van der Waals surface area contributed by atoms with Gasteiger partial charge in [-0.1, -0.05) is 47.1 Å². The Morgan fingerprint density at radius 3 is 2.56 bits per heavy atom. The van der Waals surface area contributed by atoms with Crippen LogP contribution >= 0.6 is 0 Å². The van der Waals surface area contributed by atoms with Gasteiger partial charge in [-0.25, -0.2) is 9.18 Å². The molecule has 182 valence electrons. The van der Waals surface area contributed by atoms with Gasteiger partial charge in [0, 0.05) is 11.3 Å². The van der Waals surface area contributed by atoms with Gasteiger partial charge < -0.3 is 19.7 Å². The summed E-state index contributed by atoms with van der Waals surface area (Å²) in [5.74, 6) is 0.306. The van der Waals surface area contributed by atoms with Crippen LogP contribution < -0.4 is 15.0 Å². The van der Waals surface area contributed by atoms with Gasteiger partial charge in [0.15, 0.2) is 11.5 Å². The number of ether oxygens (including phenoxy) is 1. The molecule has 2 N–H and O–H groups in total. The molecule has 0 radical (unpaired) electrons. The van der Waals surface area contributed by atoms with Gasteiger partial charge in [0.25, 0.3) is 5.89 Å². The molecular formula is C27H23FN4O4. The monoisotopic (exact) mass is 486 g/mol. The molecule has 0 bridgehead atoms. The smallest absolute Gasteiger partial charge is 0.327 e. The van der Waals surface area contributed by atoms with Crippen molar-refractivity contribution in [1.82, 2.24) is 15.5 Å². The van der Waals surface area contributed by atoms with Crippen LogP contribution in [0.1, 0.15) is 30.0 Å². The van der Waals surface area contributed by atoms with Crippen LogP contribution in [0, 0.1) is 12.7 Å². The molecule has 9 heteroatoms. The zero-order valence-electron chi connectivity index (χ0n) is 19.8. The molecule has 36 heavy (non-hydrogen) atoms. The maximum Gasteiger partial charge on any atom is 0.327 e. The number of allylic oxidation sites excluding steroid dienone is 1. The lowest BCUT2D eigenvalue weighted by molar-refractivity contribution is 0.244. The van der Waals surface area contributed by atoms with E-state index in [1.165, 1.54) is 36.3 Å². The van der Waals surface area contributed by atoms with Crippen molar-refractivity contribution < 1.29 is 23.6 Å². The zero-order valence-corrected chi connectivity index (χ0v) is 19.8. The molecule has 1 atom stereocenters. The first-order chi connectivity index (χ1) is 17.4. The molecule has 1 aromatic heterocycles. The quantitative estimate of drug-likeness (QED) is 0.381. The van der Waals surface area contributed by atoms with E-state index >= 15 is 0 Å². The summed E-state index contributed by atoms with van der Waals surface area (Å²) >= 11 is 0. The maximum absolute atomic E-state index is 14.0. The number of phenolic OH excluding ortho intramolecular Hbond substituents is 1. The number of benzene rings is 3. The number of hydrogen-bond donors (Lipinski definition) is 2. The van der Waals surface area contributed by atoms with Crippen LogP contribution in [0.5, 0.6) is 11.5 Å². The Bertz CT molecular complexity index is 1480. The Hall–Kier alpha value is -4.66. The fraction of sp³-hybridized carbons (Fsp3) is 0.148. The van der Waals surface area contributed by atoms with Crippen molar-refractivity contribution >= 4 is 17.3 Å². The van der Waals surface area contributed by atoms with Gasteiger partial charge >= 0.3 is 6.03 Å². The number of carbonyl (C=O) groups is 1. The molecule has 0 spiro atoms. The predicted octanol–water partition coefficient (Wildman–Crippen LogP) is 5.60. The number of amides is 2. The first kappa shape index (κ1) is 23.1. The molecule has 0 fully saturated rings. The number of halogens is 1. The fourth-order valence-corrected chi connectivity index (χ4v) is 4.24. The third-order valence-electron chi connectivity index (χ3n) is 6.05. The minimum Gasteiger partial charge on any atom is -0.504 e. The summed E-state index contributed by atoms with van der Waals surface area (Å²) in [6, 6.07) is 17.1. The summed E-state index contributed by atoms with van der Waals surface area (Å²) in [7, 11) is 1.45. The molecule has 2 amide bonds. The number of rotatable bonds is 5. The van der Waals surface area contributed by atoms with Gasteiger partial charge in [0.05, 0.1) is 24.4 Å². The van der Waals surface area contributed by atoms with Crippen molar-refractivity contribution in [2.45, 2.75) is 19.9 Å². The van der Waals surface area contributed by atoms with Gasteiger partial charge in [-0.05, 0) is 49.7 Å². The van der Waals surface area contributed by atoms with Crippen LogP contribution in [0.25, 0.3) is 17.0 Å². The van der Waals surface area contributed by atoms with Crippen LogP contribution in [-0.2, 0) is 0 Å². The second-order valence-corrected chi connectivity index (χ2v) is 8.42. The third-order valence-corrected chi connectivity index (χ3v) is 6.05. The number of urea groups is 1. The van der Waals surface area contributed by atoms with E-state index in [0.29, 0.717) is 34.1 Å². The zero-order chi connectivity index (χ0) is 25.4. The topological polar surface area (TPSA) is 101 Å². The SMILES string of the molecule is COc1ccc(C2NC(=O)N(c3cccc(F)c3)C(C)=C2c2nc(-c3ccc(C)cc3)no2)cc1O. The van der Waals surface area contributed by atoms with Gasteiger partial charge in [0.2, 0.25) is 5.82 Å². The maximum atomic E-state index is 14.0. The number of anilines is 1. The van der Waals surface area contributed by atoms with E-state index < -0.39 is 17.9 Å². The van der Waals surface area contributed by atoms with Crippen molar-refractivity contribution in [3.05, 3.63) is 95.3 Å². The van der Waals surface area contributed by atoms with Gasteiger partial charge in [-0.3, -0.25) is 4.90 Å². The van der Waals surface area contributed by atoms with Gasteiger partial charge in [-0.2, -0.15) is 4.98 Å².